The van der Waals surface area contributed by atoms with E-state index in [0.29, 0.717) is 12.2 Å². The third-order valence-corrected chi connectivity index (χ3v) is 4.16. The maximum Gasteiger partial charge on any atom is 0.325 e. The number of hydrogen-bond acceptors (Lipinski definition) is 5. The molecule has 0 spiro atoms. The average Bonchev–Trinajstić information content (AvgIpc) is 2.83. The van der Waals surface area contributed by atoms with Crippen LogP contribution in [0.3, 0.4) is 0 Å². The number of hydrazine groups is 1. The molecule has 1 aromatic rings. The number of imide groups is 1. The molecule has 146 valence electrons. The van der Waals surface area contributed by atoms with Crippen molar-refractivity contribution in [1.82, 2.24) is 21.1 Å². The Kier molecular flexibility index (Phi) is 6.38. The Morgan fingerprint density at radius 3 is 2.33 bits per heavy atom. The van der Waals surface area contributed by atoms with Crippen molar-refractivity contribution in [2.45, 2.75) is 38.6 Å². The molecule has 1 saturated heterocycles. The molecular formula is C18H24N4O5. The molecule has 9 nitrogen and oxygen atoms in total. The van der Waals surface area contributed by atoms with Gasteiger partial charge in [0.2, 0.25) is 11.8 Å². The maximum atomic E-state index is 12.0. The Hall–Kier alpha value is -3.10. The fourth-order valence-corrected chi connectivity index (χ4v) is 2.66. The zero-order valence-electron chi connectivity index (χ0n) is 15.6. The van der Waals surface area contributed by atoms with Gasteiger partial charge in [-0.3, -0.25) is 30.1 Å². The summed E-state index contributed by atoms with van der Waals surface area (Å²) in [7, 11) is 1.56. The Morgan fingerprint density at radius 1 is 1.11 bits per heavy atom. The highest BCUT2D eigenvalue weighted by Gasteiger charge is 2.43. The number of amides is 5. The predicted octanol–water partition coefficient (Wildman–Crippen LogP) is 0.496. The van der Waals surface area contributed by atoms with E-state index in [0.717, 1.165) is 10.5 Å². The van der Waals surface area contributed by atoms with Gasteiger partial charge in [0.1, 0.15) is 11.3 Å². The Morgan fingerprint density at radius 2 is 1.74 bits per heavy atom. The first kappa shape index (κ1) is 20.2. The van der Waals surface area contributed by atoms with E-state index in [1.54, 1.807) is 21.0 Å². The molecule has 1 aliphatic rings. The molecule has 3 N–H and O–H groups in total. The van der Waals surface area contributed by atoms with E-state index < -0.39 is 17.5 Å². The second kappa shape index (κ2) is 8.52. The van der Waals surface area contributed by atoms with Crippen LogP contribution in [0.1, 0.15) is 32.3 Å². The van der Waals surface area contributed by atoms with E-state index in [9.17, 15) is 19.2 Å². The van der Waals surface area contributed by atoms with Crippen molar-refractivity contribution in [1.29, 1.82) is 0 Å². The van der Waals surface area contributed by atoms with Crippen LogP contribution in [-0.2, 0) is 20.8 Å². The molecule has 27 heavy (non-hydrogen) atoms. The Labute approximate surface area is 157 Å². The minimum atomic E-state index is -0.972. The van der Waals surface area contributed by atoms with Crippen LogP contribution in [-0.4, -0.2) is 47.8 Å². The molecule has 0 bridgehead atoms. The molecule has 0 atom stereocenters. The summed E-state index contributed by atoms with van der Waals surface area (Å²) < 4.78 is 5.22. The van der Waals surface area contributed by atoms with Gasteiger partial charge in [-0.1, -0.05) is 18.2 Å². The molecule has 0 aliphatic carbocycles. The number of nitrogens with zero attached hydrogens (tertiary/aromatic N) is 1. The number of carbonyl (C=O) groups excluding carboxylic acids is 4. The molecule has 1 aromatic carbocycles. The van der Waals surface area contributed by atoms with Gasteiger partial charge < -0.3 is 10.1 Å². The Balaban J connectivity index is 1.72. The van der Waals surface area contributed by atoms with Crippen molar-refractivity contribution < 1.29 is 23.9 Å². The molecule has 0 aromatic heterocycles. The van der Waals surface area contributed by atoms with Gasteiger partial charge in [-0.2, -0.15) is 0 Å². The first-order valence-electron chi connectivity index (χ1n) is 8.58. The molecule has 1 aliphatic heterocycles. The first-order valence-corrected chi connectivity index (χ1v) is 8.58. The van der Waals surface area contributed by atoms with Crippen LogP contribution in [0, 0.1) is 0 Å². The summed E-state index contributed by atoms with van der Waals surface area (Å²) in [6.07, 6.45) is 0.521. The van der Waals surface area contributed by atoms with Gasteiger partial charge in [0.25, 0.3) is 5.91 Å². The molecule has 1 fully saturated rings. The molecule has 0 unspecified atom stereocenters. The highest BCUT2D eigenvalue weighted by molar-refractivity contribution is 6.06. The van der Waals surface area contributed by atoms with Crippen LogP contribution < -0.4 is 20.9 Å². The normalized spacial score (nSPS) is 15.3. The lowest BCUT2D eigenvalue weighted by molar-refractivity contribution is -0.132. The number of rotatable bonds is 7. The smallest absolute Gasteiger partial charge is 0.325 e. The number of urea groups is 1. The maximum absolute atomic E-state index is 12.0. The minimum absolute atomic E-state index is 0.0585. The zero-order valence-corrected chi connectivity index (χ0v) is 15.6. The number of ether oxygens (including phenoxy) is 1. The summed E-state index contributed by atoms with van der Waals surface area (Å²) in [4.78, 5) is 48.5. The standard InChI is InChI=1S/C18H24N4O5/c1-18(2)16(25)22(17(26)19-18)11-10-15(24)21-20-14(23)9-8-12-6-4-5-7-13(12)27-3/h4-7H,8-11H2,1-3H3,(H,19,26)(H,20,23)(H,21,24). The topological polar surface area (TPSA) is 117 Å². The second-order valence-electron chi connectivity index (χ2n) is 6.67. The van der Waals surface area contributed by atoms with Gasteiger partial charge in [-0.25, -0.2) is 4.79 Å². The molecule has 0 saturated carbocycles. The number of hydrogen-bond donors (Lipinski definition) is 3. The molecule has 1 heterocycles. The highest BCUT2D eigenvalue weighted by atomic mass is 16.5. The van der Waals surface area contributed by atoms with Crippen molar-refractivity contribution in [3.05, 3.63) is 29.8 Å². The van der Waals surface area contributed by atoms with Crippen LogP contribution in [0.25, 0.3) is 0 Å². The quantitative estimate of drug-likeness (QED) is 0.473. The fraction of sp³-hybridized carbons (Fsp3) is 0.444. The van der Waals surface area contributed by atoms with Crippen LogP contribution in [0.15, 0.2) is 24.3 Å². The molecule has 0 radical (unpaired) electrons. The summed E-state index contributed by atoms with van der Waals surface area (Å²) in [5.41, 5.74) is 4.52. The Bertz CT molecular complexity index is 747. The predicted molar refractivity (Wildman–Crippen MR) is 96.5 cm³/mol. The van der Waals surface area contributed by atoms with E-state index in [1.165, 1.54) is 0 Å². The van der Waals surface area contributed by atoms with E-state index >= 15 is 0 Å². The van der Waals surface area contributed by atoms with Crippen molar-refractivity contribution in [3.8, 4) is 5.75 Å². The molecular weight excluding hydrogens is 352 g/mol. The lowest BCUT2D eigenvalue weighted by atomic mass is 10.1. The summed E-state index contributed by atoms with van der Waals surface area (Å²) in [6.45, 7) is 3.13. The van der Waals surface area contributed by atoms with Crippen LogP contribution in [0.4, 0.5) is 4.79 Å². The SMILES string of the molecule is COc1ccccc1CCC(=O)NNC(=O)CCN1C(=O)NC(C)(C)C1=O. The van der Waals surface area contributed by atoms with E-state index in [1.807, 2.05) is 24.3 Å². The number of benzene rings is 1. The number of carbonyl (C=O) groups is 4. The van der Waals surface area contributed by atoms with Crippen LogP contribution in [0.5, 0.6) is 5.75 Å². The number of para-hydroxylation sites is 1. The minimum Gasteiger partial charge on any atom is -0.496 e. The summed E-state index contributed by atoms with van der Waals surface area (Å²) in [5, 5.41) is 2.53. The van der Waals surface area contributed by atoms with Crippen molar-refractivity contribution in [2.75, 3.05) is 13.7 Å². The number of methoxy groups -OCH3 is 1. The highest BCUT2D eigenvalue weighted by Crippen LogP contribution is 2.18. The lowest BCUT2D eigenvalue weighted by Gasteiger charge is -2.15. The van der Waals surface area contributed by atoms with Crippen LogP contribution in [0.2, 0.25) is 0 Å². The van der Waals surface area contributed by atoms with Gasteiger partial charge in [-0.15, -0.1) is 0 Å². The largest absolute Gasteiger partial charge is 0.496 e. The van der Waals surface area contributed by atoms with Crippen molar-refractivity contribution in [3.63, 3.8) is 0 Å². The van der Waals surface area contributed by atoms with Crippen LogP contribution >= 0.6 is 0 Å². The van der Waals surface area contributed by atoms with Gasteiger partial charge >= 0.3 is 6.03 Å². The van der Waals surface area contributed by atoms with E-state index in [2.05, 4.69) is 16.2 Å². The fourth-order valence-electron chi connectivity index (χ4n) is 2.66. The van der Waals surface area contributed by atoms with E-state index in [4.69, 9.17) is 4.74 Å². The summed E-state index contributed by atoms with van der Waals surface area (Å²) in [6, 6.07) is 6.85. The summed E-state index contributed by atoms with van der Waals surface area (Å²) in [5.74, 6) is -0.539. The van der Waals surface area contributed by atoms with Gasteiger partial charge in [0.15, 0.2) is 0 Å². The van der Waals surface area contributed by atoms with E-state index in [-0.39, 0.29) is 31.2 Å². The third-order valence-electron chi connectivity index (χ3n) is 4.16. The number of nitrogens with one attached hydrogen (secondary N) is 3. The molecule has 2 rings (SSSR count). The van der Waals surface area contributed by atoms with Gasteiger partial charge in [0, 0.05) is 19.4 Å². The molecule has 9 heteroatoms. The van der Waals surface area contributed by atoms with Gasteiger partial charge in [0.05, 0.1) is 7.11 Å². The lowest BCUT2D eigenvalue weighted by Crippen LogP contribution is -2.44. The molecule has 5 amide bonds. The first-order chi connectivity index (χ1) is 12.7. The van der Waals surface area contributed by atoms with Crippen molar-refractivity contribution in [2.24, 2.45) is 0 Å². The zero-order chi connectivity index (χ0) is 20.0. The monoisotopic (exact) mass is 376 g/mol. The van der Waals surface area contributed by atoms with Crippen molar-refractivity contribution >= 4 is 23.8 Å². The second-order valence-corrected chi connectivity index (χ2v) is 6.67. The third kappa shape index (κ3) is 5.19. The summed E-state index contributed by atoms with van der Waals surface area (Å²) >= 11 is 0. The average molecular weight is 376 g/mol. The van der Waals surface area contributed by atoms with Gasteiger partial charge in [-0.05, 0) is 31.9 Å². The number of aryl methyl sites for hydroxylation is 1.